The molecule has 2 aliphatic carbocycles. The Bertz CT molecular complexity index is 787. The molecule has 0 radical (unpaired) electrons. The van der Waals surface area contributed by atoms with Crippen molar-refractivity contribution in [2.75, 3.05) is 22.0 Å². The Labute approximate surface area is 137 Å². The number of nitrogens with zero attached hydrogens (tertiary/aromatic N) is 1. The van der Waals surface area contributed by atoms with E-state index in [0.29, 0.717) is 24.4 Å². The third-order valence-electron chi connectivity index (χ3n) is 6.49. The zero-order chi connectivity index (χ0) is 16.5. The number of anilines is 2. The van der Waals surface area contributed by atoms with Crippen LogP contribution in [0.1, 0.15) is 33.1 Å². The van der Waals surface area contributed by atoms with Crippen LogP contribution in [0.2, 0.25) is 0 Å². The van der Waals surface area contributed by atoms with Gasteiger partial charge in [0.2, 0.25) is 10.0 Å². The van der Waals surface area contributed by atoms with Gasteiger partial charge in [-0.3, -0.25) is 4.79 Å². The Balaban J connectivity index is 1.71. The van der Waals surface area contributed by atoms with Crippen molar-refractivity contribution in [1.29, 1.82) is 0 Å². The molecule has 5 nitrogen and oxygen atoms in total. The first-order chi connectivity index (χ1) is 10.8. The normalized spacial score (nSPS) is 31.3. The molecule has 0 saturated heterocycles. The van der Waals surface area contributed by atoms with Crippen molar-refractivity contribution >= 4 is 27.2 Å². The fraction of sp³-hybridized carbons (Fsp3) is 0.588. The van der Waals surface area contributed by atoms with Crippen LogP contribution in [0.5, 0.6) is 0 Å². The van der Waals surface area contributed by atoms with Gasteiger partial charge in [-0.1, -0.05) is 26.0 Å². The summed E-state index contributed by atoms with van der Waals surface area (Å²) in [6.45, 7) is 4.39. The predicted molar refractivity (Wildman–Crippen MR) is 89.8 cm³/mol. The summed E-state index contributed by atoms with van der Waals surface area (Å²) in [5.41, 5.74) is 0.564. The molecule has 124 valence electrons. The van der Waals surface area contributed by atoms with Gasteiger partial charge >= 0.3 is 0 Å². The van der Waals surface area contributed by atoms with Crippen molar-refractivity contribution in [3.8, 4) is 0 Å². The zero-order valence-electron chi connectivity index (χ0n) is 13.5. The lowest BCUT2D eigenvalue weighted by Gasteiger charge is -2.37. The van der Waals surface area contributed by atoms with E-state index in [0.717, 1.165) is 12.1 Å². The molecule has 2 saturated carbocycles. The second-order valence-electron chi connectivity index (χ2n) is 7.62. The minimum atomic E-state index is -3.55. The number of sulfonamides is 1. The maximum absolute atomic E-state index is 13.1. The number of nitrogens with one attached hydrogen (secondary N) is 1. The first kappa shape index (κ1) is 15.0. The average molecular weight is 334 g/mol. The summed E-state index contributed by atoms with van der Waals surface area (Å²) in [7, 11) is -3.55. The van der Waals surface area contributed by atoms with E-state index in [-0.39, 0.29) is 23.6 Å². The Morgan fingerprint density at radius 2 is 2.04 bits per heavy atom. The molecule has 1 heterocycles. The van der Waals surface area contributed by atoms with Crippen molar-refractivity contribution in [2.45, 2.75) is 33.1 Å². The van der Waals surface area contributed by atoms with Crippen molar-refractivity contribution in [3.63, 3.8) is 0 Å². The number of rotatable bonds is 3. The smallest absolute Gasteiger partial charge is 0.237 e. The van der Waals surface area contributed by atoms with Gasteiger partial charge in [0.25, 0.3) is 0 Å². The SMILES string of the molecule is CC1(C)C2CCC1(CS(=O)(=O)N1CNc3ccccc31)C(=O)C2. The Morgan fingerprint density at radius 3 is 2.70 bits per heavy atom. The molecule has 0 spiro atoms. The number of para-hydroxylation sites is 2. The molecule has 2 fully saturated rings. The highest BCUT2D eigenvalue weighted by atomic mass is 32.2. The number of hydrogen-bond donors (Lipinski definition) is 1. The van der Waals surface area contributed by atoms with Crippen molar-refractivity contribution in [3.05, 3.63) is 24.3 Å². The van der Waals surface area contributed by atoms with Crippen molar-refractivity contribution < 1.29 is 13.2 Å². The monoisotopic (exact) mass is 334 g/mol. The van der Waals surface area contributed by atoms with Crippen LogP contribution in [0.3, 0.4) is 0 Å². The maximum atomic E-state index is 13.1. The fourth-order valence-electron chi connectivity index (χ4n) is 4.83. The average Bonchev–Trinajstić information content (AvgIpc) is 3.07. The lowest BCUT2D eigenvalue weighted by atomic mass is 9.70. The summed E-state index contributed by atoms with van der Waals surface area (Å²) in [5.74, 6) is 0.398. The highest BCUT2D eigenvalue weighted by Crippen LogP contribution is 2.64. The summed E-state index contributed by atoms with van der Waals surface area (Å²) in [4.78, 5) is 12.6. The van der Waals surface area contributed by atoms with Gasteiger partial charge in [-0.25, -0.2) is 12.7 Å². The Morgan fingerprint density at radius 1 is 1.30 bits per heavy atom. The van der Waals surface area contributed by atoms with Crippen LogP contribution < -0.4 is 9.62 Å². The van der Waals surface area contributed by atoms with Gasteiger partial charge in [-0.05, 0) is 36.3 Å². The third-order valence-corrected chi connectivity index (χ3v) is 8.34. The van der Waals surface area contributed by atoms with Crippen LogP contribution in [0.15, 0.2) is 24.3 Å². The number of hydrogen-bond acceptors (Lipinski definition) is 4. The van der Waals surface area contributed by atoms with Crippen molar-refractivity contribution in [1.82, 2.24) is 0 Å². The molecular weight excluding hydrogens is 312 g/mol. The van der Waals surface area contributed by atoms with Crippen molar-refractivity contribution in [2.24, 2.45) is 16.7 Å². The molecule has 1 aromatic carbocycles. The number of Topliss-reactive ketones (excluding diaryl/α,β-unsaturated/α-hetero) is 1. The van der Waals surface area contributed by atoms with E-state index in [9.17, 15) is 13.2 Å². The van der Waals surface area contributed by atoms with Gasteiger partial charge in [0.15, 0.2) is 0 Å². The van der Waals surface area contributed by atoms with E-state index in [2.05, 4.69) is 19.2 Å². The lowest BCUT2D eigenvalue weighted by molar-refractivity contribution is -0.128. The molecule has 23 heavy (non-hydrogen) atoms. The van der Waals surface area contributed by atoms with E-state index in [1.807, 2.05) is 24.3 Å². The van der Waals surface area contributed by atoms with E-state index >= 15 is 0 Å². The Hall–Kier alpha value is -1.56. The summed E-state index contributed by atoms with van der Waals surface area (Å²) in [6.07, 6.45) is 2.20. The number of benzene rings is 1. The summed E-state index contributed by atoms with van der Waals surface area (Å²) >= 11 is 0. The molecular formula is C17H22N2O3S. The standard InChI is InChI=1S/C17H22N2O3S/c1-16(2)12-7-8-17(16,15(20)9-12)10-23(21,22)19-11-18-13-5-3-4-6-14(13)19/h3-6,12,18H,7-11H2,1-2H3. The minimum Gasteiger partial charge on any atom is -0.365 e. The van der Waals surface area contributed by atoms with Crippen LogP contribution in [0.4, 0.5) is 11.4 Å². The highest BCUT2D eigenvalue weighted by molar-refractivity contribution is 7.92. The van der Waals surface area contributed by atoms with Gasteiger partial charge in [0.05, 0.1) is 22.5 Å². The summed E-state index contributed by atoms with van der Waals surface area (Å²) in [6, 6.07) is 7.40. The first-order valence-corrected chi connectivity index (χ1v) is 9.75. The van der Waals surface area contributed by atoms with E-state index in [4.69, 9.17) is 0 Å². The summed E-state index contributed by atoms with van der Waals surface area (Å²) in [5, 5.41) is 3.12. The number of carbonyl (C=O) groups excluding carboxylic acids is 1. The quantitative estimate of drug-likeness (QED) is 0.923. The van der Waals surface area contributed by atoms with Gasteiger partial charge in [0.1, 0.15) is 12.5 Å². The number of fused-ring (bicyclic) bond motifs is 3. The predicted octanol–water partition coefficient (Wildman–Crippen LogP) is 2.60. The lowest BCUT2D eigenvalue weighted by Crippen LogP contribution is -2.46. The zero-order valence-corrected chi connectivity index (χ0v) is 14.3. The molecule has 4 rings (SSSR count). The molecule has 1 aromatic rings. The molecule has 1 aliphatic heterocycles. The molecule has 0 aromatic heterocycles. The third kappa shape index (κ3) is 1.84. The molecule has 1 N–H and O–H groups in total. The molecule has 6 heteroatoms. The highest BCUT2D eigenvalue weighted by Gasteiger charge is 2.65. The maximum Gasteiger partial charge on any atom is 0.237 e. The van der Waals surface area contributed by atoms with E-state index < -0.39 is 15.4 Å². The summed E-state index contributed by atoms with van der Waals surface area (Å²) < 4.78 is 27.6. The van der Waals surface area contributed by atoms with Gasteiger partial charge < -0.3 is 5.32 Å². The van der Waals surface area contributed by atoms with E-state index in [1.54, 1.807) is 0 Å². The fourth-order valence-corrected chi connectivity index (χ4v) is 7.00. The first-order valence-electron chi connectivity index (χ1n) is 8.15. The number of carbonyl (C=O) groups is 1. The van der Waals surface area contributed by atoms with E-state index in [1.165, 1.54) is 4.31 Å². The van der Waals surface area contributed by atoms with Crippen LogP contribution in [-0.2, 0) is 14.8 Å². The van der Waals surface area contributed by atoms with Gasteiger partial charge in [-0.2, -0.15) is 0 Å². The minimum absolute atomic E-state index is 0.0711. The molecule has 3 aliphatic rings. The second kappa shape index (κ2) is 4.50. The van der Waals surface area contributed by atoms with Crippen LogP contribution in [-0.4, -0.2) is 26.6 Å². The molecule has 2 bridgehead atoms. The van der Waals surface area contributed by atoms with Crippen LogP contribution in [0, 0.1) is 16.7 Å². The molecule has 0 amide bonds. The Kier molecular flexibility index (Phi) is 2.93. The largest absolute Gasteiger partial charge is 0.365 e. The number of ketones is 1. The van der Waals surface area contributed by atoms with Crippen LogP contribution >= 0.6 is 0 Å². The molecule has 2 atom stereocenters. The second-order valence-corrected chi connectivity index (χ2v) is 9.52. The van der Waals surface area contributed by atoms with Gasteiger partial charge in [-0.15, -0.1) is 0 Å². The van der Waals surface area contributed by atoms with Crippen LogP contribution in [0.25, 0.3) is 0 Å². The molecule has 2 unspecified atom stereocenters. The topological polar surface area (TPSA) is 66.5 Å². The van der Waals surface area contributed by atoms with Gasteiger partial charge in [0, 0.05) is 6.42 Å².